The summed E-state index contributed by atoms with van der Waals surface area (Å²) in [5.74, 6) is -1.29. The normalized spacial score (nSPS) is 12.1. The van der Waals surface area contributed by atoms with E-state index in [2.05, 4.69) is 0 Å². The van der Waals surface area contributed by atoms with Gasteiger partial charge in [0, 0.05) is 18.2 Å². The fourth-order valence-corrected chi connectivity index (χ4v) is 1.27. The third-order valence-electron chi connectivity index (χ3n) is 2.47. The Balaban J connectivity index is 0.000000561. The second-order valence-electron chi connectivity index (χ2n) is 5.20. The number of benzene rings is 1. The zero-order chi connectivity index (χ0) is 19.5. The van der Waals surface area contributed by atoms with E-state index in [-0.39, 0.29) is 11.3 Å². The van der Waals surface area contributed by atoms with Crippen LogP contribution in [0.15, 0.2) is 18.2 Å². The summed E-state index contributed by atoms with van der Waals surface area (Å²) in [4.78, 5) is 20.8. The van der Waals surface area contributed by atoms with Gasteiger partial charge in [0.15, 0.2) is 0 Å². The number of quaternary nitrogens is 1. The van der Waals surface area contributed by atoms with Crippen LogP contribution in [0.3, 0.4) is 0 Å². The first-order valence-corrected chi connectivity index (χ1v) is 7.30. The molecule has 0 aromatic heterocycles. The molecule has 1 aromatic rings. The van der Waals surface area contributed by atoms with Gasteiger partial charge in [0.2, 0.25) is 0 Å². The quantitative estimate of drug-likeness (QED) is 0.271. The maximum Gasteiger partial charge on any atom is 0.522 e. The van der Waals surface area contributed by atoms with Gasteiger partial charge in [-0.3, -0.25) is 19.2 Å². The van der Waals surface area contributed by atoms with Crippen molar-refractivity contribution in [2.75, 3.05) is 21.1 Å². The molecule has 0 radical (unpaired) electrons. The van der Waals surface area contributed by atoms with E-state index >= 15 is 0 Å². The van der Waals surface area contributed by atoms with Gasteiger partial charge in [0.05, 0.1) is 26.1 Å². The van der Waals surface area contributed by atoms with Crippen LogP contribution in [0.1, 0.15) is 10.4 Å². The highest BCUT2D eigenvalue weighted by molar-refractivity contribution is 7.86. The average Bonchev–Trinajstić information content (AvgIpc) is 2.35. The van der Waals surface area contributed by atoms with E-state index in [4.69, 9.17) is 18.1 Å². The third kappa shape index (κ3) is 6.10. The van der Waals surface area contributed by atoms with Crippen molar-refractivity contribution in [1.29, 1.82) is 0 Å². The molecule has 0 fully saturated rings. The van der Waals surface area contributed by atoms with E-state index in [1.54, 1.807) is 6.07 Å². The van der Waals surface area contributed by atoms with E-state index in [1.807, 2.05) is 21.1 Å². The zero-order valence-corrected chi connectivity index (χ0v) is 13.4. The van der Waals surface area contributed by atoms with Crippen molar-refractivity contribution in [3.63, 3.8) is 0 Å². The molecule has 9 nitrogen and oxygen atoms in total. The first-order valence-electron chi connectivity index (χ1n) is 5.86. The molecule has 1 rings (SSSR count). The van der Waals surface area contributed by atoms with Gasteiger partial charge in [-0.25, -0.2) is 4.79 Å². The number of hydrogen-bond acceptors (Lipinski definition) is 5. The Morgan fingerprint density at radius 2 is 1.67 bits per heavy atom. The monoisotopic (exact) mass is 375 g/mol. The van der Waals surface area contributed by atoms with Crippen LogP contribution in [0, 0.1) is 10.1 Å². The van der Waals surface area contributed by atoms with Crippen LogP contribution in [0.25, 0.3) is 0 Å². The Hall–Kier alpha value is -2.25. The molecule has 13 heteroatoms. The number of hydrogen-bond donors (Lipinski definition) is 2. The lowest BCUT2D eigenvalue weighted by atomic mass is 10.1. The van der Waals surface area contributed by atoms with E-state index < -0.39 is 26.5 Å². The van der Waals surface area contributed by atoms with Crippen molar-refractivity contribution in [2.24, 2.45) is 0 Å². The van der Waals surface area contributed by atoms with Gasteiger partial charge < -0.3 is 5.11 Å². The molecule has 136 valence electrons. The Kier molecular flexibility index (Phi) is 6.44. The van der Waals surface area contributed by atoms with E-state index in [9.17, 15) is 28.1 Å². The van der Waals surface area contributed by atoms with Crippen molar-refractivity contribution in [1.82, 2.24) is 4.48 Å². The molecule has 0 spiro atoms. The summed E-state index contributed by atoms with van der Waals surface area (Å²) in [7, 11) is -0.278. The van der Waals surface area contributed by atoms with Crippen LogP contribution < -0.4 is 4.48 Å². The Bertz CT molecular complexity index is 739. The number of alkyl halides is 3. The predicted molar refractivity (Wildman–Crippen MR) is 77.2 cm³/mol. The maximum atomic E-state index is 10.9. The third-order valence-corrected chi connectivity index (χ3v) is 3.06. The molecule has 0 aliphatic heterocycles. The van der Waals surface area contributed by atoms with Gasteiger partial charge in [0.1, 0.15) is 11.3 Å². The van der Waals surface area contributed by atoms with Crippen molar-refractivity contribution >= 4 is 27.5 Å². The number of nitro groups is 1. The van der Waals surface area contributed by atoms with Gasteiger partial charge in [0.25, 0.3) is 5.69 Å². The number of halogens is 3. The van der Waals surface area contributed by atoms with Crippen LogP contribution in [-0.2, 0) is 10.1 Å². The highest BCUT2D eigenvalue weighted by Crippen LogP contribution is 2.26. The zero-order valence-electron chi connectivity index (χ0n) is 12.6. The fourth-order valence-electron chi connectivity index (χ4n) is 1.27. The summed E-state index contributed by atoms with van der Waals surface area (Å²) in [5, 5.41) is 19.5. The number of carboxylic acid groups (broad SMARTS) is 1. The minimum absolute atomic E-state index is 0.282. The summed E-state index contributed by atoms with van der Waals surface area (Å²) in [5.41, 5.74) is -5.50. The predicted octanol–water partition coefficient (Wildman–Crippen LogP) is 1.88. The fraction of sp³-hybridized carbons (Fsp3) is 0.364. The van der Waals surface area contributed by atoms with E-state index in [1.165, 1.54) is 12.1 Å². The molecule has 0 amide bonds. The molecule has 24 heavy (non-hydrogen) atoms. The molecular weight excluding hydrogens is 361 g/mol. The summed E-state index contributed by atoms with van der Waals surface area (Å²) in [6.07, 6.45) is 0. The maximum absolute atomic E-state index is 10.9. The van der Waals surface area contributed by atoms with Gasteiger partial charge in [-0.15, -0.1) is 0 Å². The minimum atomic E-state index is -5.84. The first-order chi connectivity index (χ1) is 10.5. The molecule has 0 saturated carbocycles. The van der Waals surface area contributed by atoms with Crippen LogP contribution in [0.4, 0.5) is 24.5 Å². The lowest BCUT2D eigenvalue weighted by molar-refractivity contribution is -0.385. The number of nitro benzene ring substituents is 1. The summed E-state index contributed by atoms with van der Waals surface area (Å²) >= 11 is 0. The number of carboxylic acids is 1. The van der Waals surface area contributed by atoms with Crippen molar-refractivity contribution in [2.45, 2.75) is 5.51 Å². The van der Waals surface area contributed by atoms with E-state index in [0.717, 1.165) is 0 Å². The lowest BCUT2D eigenvalue weighted by Crippen LogP contribution is -2.34. The first kappa shape index (κ1) is 21.8. The molecule has 1 aromatic carbocycles. The van der Waals surface area contributed by atoms with Gasteiger partial charge in [-0.1, -0.05) is 0 Å². The smallest absolute Gasteiger partial charge is 0.477 e. The van der Waals surface area contributed by atoms with Crippen molar-refractivity contribution < 1.29 is 41.0 Å². The molecule has 2 N–H and O–H groups in total. The van der Waals surface area contributed by atoms with Crippen LogP contribution in [0.5, 0.6) is 0 Å². The van der Waals surface area contributed by atoms with Crippen molar-refractivity contribution in [3.8, 4) is 0 Å². The molecule has 0 aliphatic rings. The summed E-state index contributed by atoms with van der Waals surface area (Å²) in [6, 6.07) is 4.12. The molecule has 0 aliphatic carbocycles. The molecule has 0 bridgehead atoms. The lowest BCUT2D eigenvalue weighted by Gasteiger charge is -2.23. The largest absolute Gasteiger partial charge is 0.522 e. The highest BCUT2D eigenvalue weighted by atomic mass is 32.2. The van der Waals surface area contributed by atoms with Gasteiger partial charge >= 0.3 is 21.6 Å². The van der Waals surface area contributed by atoms with Crippen LogP contribution in [-0.4, -0.2) is 55.6 Å². The Labute approximate surface area is 134 Å². The average molecular weight is 375 g/mol. The van der Waals surface area contributed by atoms with Gasteiger partial charge in [-0.05, 0) is 0 Å². The summed E-state index contributed by atoms with van der Waals surface area (Å²) < 4.78 is 57.9. The molecule has 0 unspecified atom stereocenters. The Morgan fingerprint density at radius 1 is 1.25 bits per heavy atom. The molecule has 0 atom stereocenters. The second-order valence-corrected chi connectivity index (χ2v) is 6.61. The topological polar surface area (TPSA) is 135 Å². The molecule has 0 saturated heterocycles. The molecular formula is C11H14F3N2O7S+. The van der Waals surface area contributed by atoms with Crippen molar-refractivity contribution in [3.05, 3.63) is 33.9 Å². The highest BCUT2D eigenvalue weighted by Gasteiger charge is 2.44. The summed E-state index contributed by atoms with van der Waals surface area (Å²) in [6.45, 7) is 0. The molecule has 0 heterocycles. The number of aromatic carboxylic acids is 1. The van der Waals surface area contributed by atoms with Crippen LogP contribution in [0.2, 0.25) is 0 Å². The number of carbonyl (C=O) groups is 1. The minimum Gasteiger partial charge on any atom is -0.477 e. The Morgan fingerprint density at radius 3 is 1.92 bits per heavy atom. The standard InChI is InChI=1S/C10H12N2O4.CHF3O3S/c1-12(2,3)7-4-5-9(11(15)16)8(6-7)10(13)14;2-1(3,4)8(5,6)7/h4-6H,1-3H3;(H,5,6,7)/p+1. The second kappa shape index (κ2) is 7.11. The van der Waals surface area contributed by atoms with Gasteiger partial charge in [-0.2, -0.15) is 21.6 Å². The van der Waals surface area contributed by atoms with E-state index in [0.29, 0.717) is 10.2 Å². The number of rotatable bonds is 3. The number of nitrogens with zero attached hydrogens (tertiary/aromatic N) is 2. The SMILES string of the molecule is C[N+](C)(C)c1ccc([N+](=O)[O-])c(C(=O)O)c1.O=S(=O)(O)C(F)(F)F. The van der Waals surface area contributed by atoms with Crippen LogP contribution >= 0.6 is 0 Å².